The minimum absolute atomic E-state index is 0.0387. The quantitative estimate of drug-likeness (QED) is 0.349. The van der Waals surface area contributed by atoms with E-state index in [-0.39, 0.29) is 27.0 Å². The fraction of sp³-hybridized carbons (Fsp3) is 0.269. The summed E-state index contributed by atoms with van der Waals surface area (Å²) in [5.74, 6) is -2.30. The van der Waals surface area contributed by atoms with E-state index in [1.54, 1.807) is 35.7 Å². The van der Waals surface area contributed by atoms with Crippen molar-refractivity contribution in [3.05, 3.63) is 83.2 Å². The van der Waals surface area contributed by atoms with Crippen molar-refractivity contribution in [3.8, 4) is 0 Å². The van der Waals surface area contributed by atoms with Crippen molar-refractivity contribution >= 4 is 39.0 Å². The van der Waals surface area contributed by atoms with Gasteiger partial charge in [-0.2, -0.15) is 0 Å². The molecule has 2 aromatic carbocycles. The molecular weight excluding hydrogens is 500 g/mol. The highest BCUT2D eigenvalue weighted by molar-refractivity contribution is 7.93. The van der Waals surface area contributed by atoms with Gasteiger partial charge in [-0.25, -0.2) is 13.2 Å². The van der Waals surface area contributed by atoms with Gasteiger partial charge in [0.1, 0.15) is 16.3 Å². The van der Waals surface area contributed by atoms with E-state index in [0.717, 1.165) is 16.9 Å². The molecule has 190 valence electrons. The third-order valence-electron chi connectivity index (χ3n) is 5.41. The lowest BCUT2D eigenvalue weighted by molar-refractivity contribution is -0.142. The van der Waals surface area contributed by atoms with Crippen LogP contribution in [0.4, 0.5) is 0 Å². The van der Waals surface area contributed by atoms with Crippen molar-refractivity contribution in [1.82, 2.24) is 10.6 Å². The molecule has 0 aliphatic rings. The molecule has 10 heteroatoms. The highest BCUT2D eigenvalue weighted by Crippen LogP contribution is 2.25. The molecule has 0 spiro atoms. The Morgan fingerprint density at radius 1 is 0.889 bits per heavy atom. The molecule has 0 saturated carbocycles. The predicted molar refractivity (Wildman–Crippen MR) is 137 cm³/mol. The molecule has 8 nitrogen and oxygen atoms in total. The molecule has 3 aromatic rings. The van der Waals surface area contributed by atoms with Crippen LogP contribution in [0.25, 0.3) is 0 Å². The number of rotatable bonds is 11. The Morgan fingerprint density at radius 2 is 1.56 bits per heavy atom. The molecule has 0 bridgehead atoms. The highest BCUT2D eigenvalue weighted by Gasteiger charge is 2.28. The van der Waals surface area contributed by atoms with Gasteiger partial charge >= 0.3 is 5.97 Å². The van der Waals surface area contributed by atoms with E-state index in [0.29, 0.717) is 6.42 Å². The zero-order valence-corrected chi connectivity index (χ0v) is 21.5. The van der Waals surface area contributed by atoms with E-state index in [9.17, 15) is 27.9 Å². The van der Waals surface area contributed by atoms with Crippen molar-refractivity contribution in [2.75, 3.05) is 0 Å². The molecule has 0 saturated heterocycles. The van der Waals surface area contributed by atoms with E-state index in [4.69, 9.17) is 0 Å². The number of aliphatic carboxylic acids is 1. The lowest BCUT2D eigenvalue weighted by atomic mass is 10.0. The minimum Gasteiger partial charge on any atom is -0.480 e. The van der Waals surface area contributed by atoms with Gasteiger partial charge in [0.15, 0.2) is 0 Å². The van der Waals surface area contributed by atoms with Gasteiger partial charge in [0, 0.05) is 12.0 Å². The topological polar surface area (TPSA) is 130 Å². The second-order valence-corrected chi connectivity index (χ2v) is 11.8. The van der Waals surface area contributed by atoms with Gasteiger partial charge in [0.05, 0.1) is 4.90 Å². The number of carbonyl (C=O) groups is 3. The molecular formula is C26H28N2O6S2. The first kappa shape index (κ1) is 27.1. The summed E-state index contributed by atoms with van der Waals surface area (Å²) < 4.78 is 25.5. The van der Waals surface area contributed by atoms with Gasteiger partial charge in [0.25, 0.3) is 5.91 Å². The molecule has 1 heterocycles. The lowest BCUT2D eigenvalue weighted by Gasteiger charge is -2.23. The van der Waals surface area contributed by atoms with Gasteiger partial charge in [-0.1, -0.05) is 50.2 Å². The highest BCUT2D eigenvalue weighted by atomic mass is 32.2. The third-order valence-corrected chi connectivity index (χ3v) is 8.58. The smallest absolute Gasteiger partial charge is 0.326 e. The minimum atomic E-state index is -3.67. The molecule has 0 fully saturated rings. The fourth-order valence-electron chi connectivity index (χ4n) is 3.58. The Balaban J connectivity index is 1.72. The van der Waals surface area contributed by atoms with E-state index >= 15 is 0 Å². The number of carboxylic acid groups (broad SMARTS) is 1. The molecule has 1 unspecified atom stereocenters. The number of amides is 2. The number of benzene rings is 2. The standard InChI is InChI=1S/C26H28N2O6S2/c1-17(2)15-21(25(30)28-22(26(31)32)16-18-7-4-3-5-8-18)27-24(29)19-10-12-20(13-11-19)36(33,34)23-9-6-14-35-23/h3-14,17,21-22H,15-16H2,1-2H3,(H,27,29)(H,28,30)(H,31,32)/t21?,22-/m0/s1. The summed E-state index contributed by atoms with van der Waals surface area (Å²) in [5, 5.41) is 16.5. The summed E-state index contributed by atoms with van der Waals surface area (Å²) in [6.07, 6.45) is 0.393. The van der Waals surface area contributed by atoms with Crippen molar-refractivity contribution in [2.45, 2.75) is 47.9 Å². The SMILES string of the molecule is CC(C)CC(NC(=O)c1ccc(S(=O)(=O)c2cccs2)cc1)C(=O)N[C@@H](Cc1ccccc1)C(=O)O. The number of thiophene rings is 1. The van der Waals surface area contributed by atoms with Crippen molar-refractivity contribution in [1.29, 1.82) is 0 Å². The Kier molecular flexibility index (Phi) is 9.00. The molecule has 0 aliphatic carbocycles. The number of carboxylic acids is 1. The molecule has 3 rings (SSSR count). The first-order valence-corrected chi connectivity index (χ1v) is 13.7. The molecule has 0 aliphatic heterocycles. The lowest BCUT2D eigenvalue weighted by Crippen LogP contribution is -2.52. The summed E-state index contributed by atoms with van der Waals surface area (Å²) in [7, 11) is -3.67. The summed E-state index contributed by atoms with van der Waals surface area (Å²) in [6, 6.07) is 15.4. The molecule has 2 atom stereocenters. The van der Waals surface area contributed by atoms with Crippen molar-refractivity contribution in [3.63, 3.8) is 0 Å². The molecule has 2 amide bonds. The largest absolute Gasteiger partial charge is 0.480 e. The average molecular weight is 529 g/mol. The van der Waals surface area contributed by atoms with Crippen LogP contribution < -0.4 is 10.6 Å². The summed E-state index contributed by atoms with van der Waals surface area (Å²) in [6.45, 7) is 3.77. The van der Waals surface area contributed by atoms with Gasteiger partial charge in [-0.3, -0.25) is 9.59 Å². The third kappa shape index (κ3) is 7.02. The van der Waals surface area contributed by atoms with Crippen LogP contribution in [0.15, 0.2) is 81.2 Å². The van der Waals surface area contributed by atoms with Gasteiger partial charge in [-0.05, 0) is 53.6 Å². The summed E-state index contributed by atoms with van der Waals surface area (Å²) in [4.78, 5) is 37.7. The van der Waals surface area contributed by atoms with Crippen LogP contribution in [-0.2, 0) is 25.8 Å². The van der Waals surface area contributed by atoms with Crippen LogP contribution in [-0.4, -0.2) is 43.4 Å². The average Bonchev–Trinajstić information content (AvgIpc) is 3.39. The van der Waals surface area contributed by atoms with E-state index in [1.165, 1.54) is 30.3 Å². The summed E-state index contributed by atoms with van der Waals surface area (Å²) >= 11 is 1.11. The van der Waals surface area contributed by atoms with Crippen LogP contribution in [0.2, 0.25) is 0 Å². The molecule has 36 heavy (non-hydrogen) atoms. The fourth-order valence-corrected chi connectivity index (χ4v) is 5.98. The van der Waals surface area contributed by atoms with Gasteiger partial charge < -0.3 is 15.7 Å². The van der Waals surface area contributed by atoms with Crippen LogP contribution in [0.3, 0.4) is 0 Å². The Hall–Kier alpha value is -3.50. The zero-order chi connectivity index (χ0) is 26.3. The van der Waals surface area contributed by atoms with E-state index < -0.39 is 39.7 Å². The maximum atomic E-state index is 13.0. The second kappa shape index (κ2) is 12.0. The number of carbonyl (C=O) groups excluding carboxylic acids is 2. The Bertz CT molecular complexity index is 1290. The number of nitrogens with one attached hydrogen (secondary N) is 2. The maximum absolute atomic E-state index is 13.0. The normalized spacial score (nSPS) is 13.1. The molecule has 1 aromatic heterocycles. The Labute approximate surface area is 214 Å². The van der Waals surface area contributed by atoms with E-state index in [1.807, 2.05) is 19.9 Å². The van der Waals surface area contributed by atoms with Crippen LogP contribution in [0.1, 0.15) is 36.2 Å². The number of sulfone groups is 1. The first-order chi connectivity index (χ1) is 17.1. The van der Waals surface area contributed by atoms with Crippen LogP contribution in [0, 0.1) is 5.92 Å². The second-order valence-electron chi connectivity index (χ2n) is 8.70. The van der Waals surface area contributed by atoms with Crippen molar-refractivity contribution < 1.29 is 27.9 Å². The zero-order valence-electron chi connectivity index (χ0n) is 19.9. The van der Waals surface area contributed by atoms with Crippen LogP contribution >= 0.6 is 11.3 Å². The summed E-state index contributed by atoms with van der Waals surface area (Å²) in [5.41, 5.74) is 0.938. The van der Waals surface area contributed by atoms with E-state index in [2.05, 4.69) is 10.6 Å². The van der Waals surface area contributed by atoms with Gasteiger partial charge in [-0.15, -0.1) is 11.3 Å². The maximum Gasteiger partial charge on any atom is 0.326 e. The number of hydrogen-bond donors (Lipinski definition) is 3. The molecule has 3 N–H and O–H groups in total. The first-order valence-electron chi connectivity index (χ1n) is 11.3. The van der Waals surface area contributed by atoms with Crippen LogP contribution in [0.5, 0.6) is 0 Å². The predicted octanol–water partition coefficient (Wildman–Crippen LogP) is 3.54. The Morgan fingerprint density at radius 3 is 2.11 bits per heavy atom. The van der Waals surface area contributed by atoms with Crippen molar-refractivity contribution in [2.24, 2.45) is 5.92 Å². The van der Waals surface area contributed by atoms with Gasteiger partial charge in [0.2, 0.25) is 15.7 Å². The molecule has 0 radical (unpaired) electrons. The monoisotopic (exact) mass is 528 g/mol. The number of hydrogen-bond acceptors (Lipinski definition) is 6.